The molecule has 0 aliphatic rings. The van der Waals surface area contributed by atoms with Crippen LogP contribution in [0, 0.1) is 13.8 Å². The molecule has 0 unspecified atom stereocenters. The monoisotopic (exact) mass is 254 g/mol. The van der Waals surface area contributed by atoms with Crippen LogP contribution in [0.2, 0.25) is 10.0 Å². The SMILES string of the molecule is Cc1c(Cl)cc(S(=O)(=O)O)c(Cl)c1C. The highest BCUT2D eigenvalue weighted by Gasteiger charge is 2.18. The highest BCUT2D eigenvalue weighted by Crippen LogP contribution is 2.32. The third-order valence-electron chi connectivity index (χ3n) is 2.00. The van der Waals surface area contributed by atoms with Crippen molar-refractivity contribution in [1.82, 2.24) is 0 Å². The molecule has 78 valence electrons. The van der Waals surface area contributed by atoms with Crippen LogP contribution in [0.3, 0.4) is 0 Å². The van der Waals surface area contributed by atoms with Gasteiger partial charge in [-0.15, -0.1) is 0 Å². The fourth-order valence-corrected chi connectivity index (χ4v) is 2.45. The van der Waals surface area contributed by atoms with Crippen molar-refractivity contribution in [2.45, 2.75) is 18.7 Å². The molecule has 0 aliphatic heterocycles. The van der Waals surface area contributed by atoms with Gasteiger partial charge in [-0.2, -0.15) is 8.42 Å². The Morgan fingerprint density at radius 1 is 1.21 bits per heavy atom. The molecule has 1 aromatic carbocycles. The van der Waals surface area contributed by atoms with Crippen LogP contribution in [0.25, 0.3) is 0 Å². The Morgan fingerprint density at radius 2 is 1.71 bits per heavy atom. The van der Waals surface area contributed by atoms with Crippen molar-refractivity contribution in [3.8, 4) is 0 Å². The molecule has 0 amide bonds. The van der Waals surface area contributed by atoms with Gasteiger partial charge in [0, 0.05) is 5.02 Å². The third-order valence-corrected chi connectivity index (χ3v) is 3.87. The average Bonchev–Trinajstić information content (AvgIpc) is 2.06. The standard InChI is InChI=1S/C8H8Cl2O3S/c1-4-5(2)8(10)7(3-6(4)9)14(11,12)13/h3H,1-2H3,(H,11,12,13). The second-order valence-electron chi connectivity index (χ2n) is 2.90. The van der Waals surface area contributed by atoms with Crippen molar-refractivity contribution in [1.29, 1.82) is 0 Å². The van der Waals surface area contributed by atoms with Gasteiger partial charge < -0.3 is 0 Å². The van der Waals surface area contributed by atoms with Crippen molar-refractivity contribution in [3.05, 3.63) is 27.2 Å². The molecule has 0 aliphatic carbocycles. The Labute approximate surface area is 92.4 Å². The smallest absolute Gasteiger partial charge is 0.282 e. The fraction of sp³-hybridized carbons (Fsp3) is 0.250. The summed E-state index contributed by atoms with van der Waals surface area (Å²) in [4.78, 5) is -0.354. The number of halogens is 2. The van der Waals surface area contributed by atoms with E-state index in [9.17, 15) is 8.42 Å². The highest BCUT2D eigenvalue weighted by atomic mass is 35.5. The van der Waals surface area contributed by atoms with Gasteiger partial charge in [-0.1, -0.05) is 23.2 Å². The van der Waals surface area contributed by atoms with Crippen molar-refractivity contribution >= 4 is 33.3 Å². The Balaban J connectivity index is 3.66. The summed E-state index contributed by atoms with van der Waals surface area (Å²) in [7, 11) is -4.31. The lowest BCUT2D eigenvalue weighted by Gasteiger charge is -2.08. The van der Waals surface area contributed by atoms with E-state index in [1.807, 2.05) is 0 Å². The Kier molecular flexibility index (Phi) is 3.11. The molecule has 0 radical (unpaired) electrons. The van der Waals surface area contributed by atoms with Gasteiger partial charge in [-0.05, 0) is 31.0 Å². The molecule has 1 aromatic rings. The lowest BCUT2D eigenvalue weighted by atomic mass is 10.1. The van der Waals surface area contributed by atoms with Gasteiger partial charge in [-0.3, -0.25) is 4.55 Å². The van der Waals surface area contributed by atoms with Crippen molar-refractivity contribution in [2.24, 2.45) is 0 Å². The van der Waals surface area contributed by atoms with Gasteiger partial charge >= 0.3 is 0 Å². The van der Waals surface area contributed by atoms with Crippen LogP contribution in [0.5, 0.6) is 0 Å². The van der Waals surface area contributed by atoms with Gasteiger partial charge in [0.1, 0.15) is 4.90 Å². The molecule has 3 nitrogen and oxygen atoms in total. The maximum absolute atomic E-state index is 10.9. The lowest BCUT2D eigenvalue weighted by Crippen LogP contribution is -2.01. The number of rotatable bonds is 1. The molecule has 1 rings (SSSR count). The number of hydrogen-bond donors (Lipinski definition) is 1. The van der Waals surface area contributed by atoms with E-state index in [4.69, 9.17) is 27.8 Å². The minimum atomic E-state index is -4.31. The topological polar surface area (TPSA) is 54.4 Å². The van der Waals surface area contributed by atoms with Crippen LogP contribution in [0.15, 0.2) is 11.0 Å². The predicted octanol–water partition coefficient (Wildman–Crippen LogP) is 2.86. The fourth-order valence-electron chi connectivity index (χ4n) is 1.00. The van der Waals surface area contributed by atoms with E-state index in [2.05, 4.69) is 0 Å². The van der Waals surface area contributed by atoms with Gasteiger partial charge in [0.25, 0.3) is 10.1 Å². The van der Waals surface area contributed by atoms with E-state index in [0.717, 1.165) is 6.07 Å². The van der Waals surface area contributed by atoms with Crippen molar-refractivity contribution in [3.63, 3.8) is 0 Å². The summed E-state index contributed by atoms with van der Waals surface area (Å²) in [6, 6.07) is 1.14. The highest BCUT2D eigenvalue weighted by molar-refractivity contribution is 7.86. The summed E-state index contributed by atoms with van der Waals surface area (Å²) in [6.07, 6.45) is 0. The summed E-state index contributed by atoms with van der Waals surface area (Å²) in [6.45, 7) is 3.36. The molecule has 0 saturated carbocycles. The summed E-state index contributed by atoms with van der Waals surface area (Å²) in [5.74, 6) is 0. The first-order valence-corrected chi connectivity index (χ1v) is 5.87. The largest absolute Gasteiger partial charge is 0.296 e. The van der Waals surface area contributed by atoms with Gasteiger partial charge in [0.15, 0.2) is 0 Å². The first-order valence-electron chi connectivity index (χ1n) is 3.68. The van der Waals surface area contributed by atoms with Crippen LogP contribution in [0.4, 0.5) is 0 Å². The van der Waals surface area contributed by atoms with Crippen LogP contribution in [0.1, 0.15) is 11.1 Å². The Morgan fingerprint density at radius 3 is 2.14 bits per heavy atom. The normalized spacial score (nSPS) is 11.8. The molecule has 1 N–H and O–H groups in total. The van der Waals surface area contributed by atoms with Gasteiger partial charge in [0.05, 0.1) is 5.02 Å². The van der Waals surface area contributed by atoms with Gasteiger partial charge in [-0.25, -0.2) is 0 Å². The second-order valence-corrected chi connectivity index (χ2v) is 5.07. The first kappa shape index (κ1) is 11.8. The quantitative estimate of drug-likeness (QED) is 0.785. The van der Waals surface area contributed by atoms with Crippen LogP contribution < -0.4 is 0 Å². The molecule has 0 saturated heterocycles. The maximum Gasteiger partial charge on any atom is 0.296 e. The van der Waals surface area contributed by atoms with Crippen LogP contribution in [-0.2, 0) is 10.1 Å². The first-order chi connectivity index (χ1) is 6.25. The molecule has 0 heterocycles. The van der Waals surface area contributed by atoms with E-state index >= 15 is 0 Å². The summed E-state index contributed by atoms with van der Waals surface area (Å²) in [5.41, 5.74) is 1.25. The van der Waals surface area contributed by atoms with Crippen molar-refractivity contribution < 1.29 is 13.0 Å². The van der Waals surface area contributed by atoms with Crippen molar-refractivity contribution in [2.75, 3.05) is 0 Å². The van der Waals surface area contributed by atoms with Gasteiger partial charge in [0.2, 0.25) is 0 Å². The summed E-state index contributed by atoms with van der Waals surface area (Å²) >= 11 is 11.5. The van der Waals surface area contributed by atoms with Crippen LogP contribution in [-0.4, -0.2) is 13.0 Å². The maximum atomic E-state index is 10.9. The molecule has 6 heteroatoms. The molecule has 0 spiro atoms. The minimum Gasteiger partial charge on any atom is -0.282 e. The minimum absolute atomic E-state index is 0.00870. The molecule has 0 aromatic heterocycles. The predicted molar refractivity (Wildman–Crippen MR) is 55.8 cm³/mol. The number of benzene rings is 1. The third kappa shape index (κ3) is 2.03. The molecule has 0 fully saturated rings. The zero-order valence-corrected chi connectivity index (χ0v) is 9.83. The Bertz CT molecular complexity index is 480. The van der Waals surface area contributed by atoms with E-state index in [1.54, 1.807) is 13.8 Å². The van der Waals surface area contributed by atoms with E-state index in [1.165, 1.54) is 0 Å². The molecular formula is C8H8Cl2O3S. The van der Waals surface area contributed by atoms with E-state index in [0.29, 0.717) is 11.1 Å². The number of hydrogen-bond acceptors (Lipinski definition) is 2. The van der Waals surface area contributed by atoms with E-state index in [-0.39, 0.29) is 14.9 Å². The molecular weight excluding hydrogens is 247 g/mol. The molecule has 14 heavy (non-hydrogen) atoms. The Hall–Kier alpha value is -0.290. The average molecular weight is 255 g/mol. The zero-order valence-electron chi connectivity index (χ0n) is 7.51. The zero-order chi connectivity index (χ0) is 11.1. The van der Waals surface area contributed by atoms with E-state index < -0.39 is 10.1 Å². The summed E-state index contributed by atoms with van der Waals surface area (Å²) < 4.78 is 30.6. The second kappa shape index (κ2) is 3.70. The van der Waals surface area contributed by atoms with Crippen LogP contribution >= 0.6 is 23.2 Å². The molecule has 0 atom stereocenters. The lowest BCUT2D eigenvalue weighted by molar-refractivity contribution is 0.483. The molecule has 0 bridgehead atoms. The summed E-state index contributed by atoms with van der Waals surface area (Å²) in [5, 5.41) is 0.272.